The zero-order valence-electron chi connectivity index (χ0n) is 7.35. The summed E-state index contributed by atoms with van der Waals surface area (Å²) >= 11 is 0. The fourth-order valence-electron chi connectivity index (χ4n) is 1.04. The van der Waals surface area contributed by atoms with E-state index in [1.807, 2.05) is 0 Å². The van der Waals surface area contributed by atoms with Crippen LogP contribution in [0, 0.1) is 10.1 Å². The average Bonchev–Trinajstić information content (AvgIpc) is 2.16. The third-order valence-electron chi connectivity index (χ3n) is 1.74. The summed E-state index contributed by atoms with van der Waals surface area (Å²) in [6.07, 6.45) is -2.43. The number of nitro groups is 1. The maximum atomic E-state index is 12.3. The van der Waals surface area contributed by atoms with Gasteiger partial charge in [0.05, 0.1) is 4.92 Å². The third kappa shape index (κ3) is 1.99. The number of nitrogens with two attached hydrogens (primary N) is 1. The standard InChI is InChI=1S/C7H7F2N3O3/c8-7(9)3-2-11-4(1-10)6(13)5(3)12(14)15/h2,7,13H,1,10H2. The van der Waals surface area contributed by atoms with Crippen molar-refractivity contribution in [2.75, 3.05) is 0 Å². The van der Waals surface area contributed by atoms with E-state index in [2.05, 4.69) is 4.98 Å². The maximum Gasteiger partial charge on any atom is 0.323 e. The summed E-state index contributed by atoms with van der Waals surface area (Å²) in [4.78, 5) is 12.8. The summed E-state index contributed by atoms with van der Waals surface area (Å²) in [6.45, 7) is -0.268. The number of hydrogen-bond donors (Lipinski definition) is 2. The van der Waals surface area contributed by atoms with Crippen LogP contribution in [0.25, 0.3) is 0 Å². The van der Waals surface area contributed by atoms with Crippen LogP contribution < -0.4 is 5.73 Å². The first-order chi connectivity index (χ1) is 6.99. The third-order valence-corrected chi connectivity index (χ3v) is 1.74. The molecular weight excluding hydrogens is 212 g/mol. The van der Waals surface area contributed by atoms with E-state index in [0.717, 1.165) is 0 Å². The summed E-state index contributed by atoms with van der Waals surface area (Å²) in [5.74, 6) is -0.902. The van der Waals surface area contributed by atoms with E-state index >= 15 is 0 Å². The number of pyridine rings is 1. The van der Waals surface area contributed by atoms with E-state index in [1.165, 1.54) is 0 Å². The normalized spacial score (nSPS) is 10.7. The Morgan fingerprint density at radius 3 is 2.67 bits per heavy atom. The molecule has 0 atom stereocenters. The molecule has 0 saturated heterocycles. The highest BCUT2D eigenvalue weighted by molar-refractivity contribution is 5.53. The van der Waals surface area contributed by atoms with Crippen LogP contribution in [0.5, 0.6) is 5.75 Å². The van der Waals surface area contributed by atoms with Gasteiger partial charge in [-0.1, -0.05) is 0 Å². The first kappa shape index (κ1) is 11.2. The molecule has 1 rings (SSSR count). The predicted molar refractivity (Wildman–Crippen MR) is 45.4 cm³/mol. The molecule has 0 radical (unpaired) electrons. The molecule has 0 aliphatic carbocycles. The molecule has 0 fully saturated rings. The van der Waals surface area contributed by atoms with Crippen molar-refractivity contribution < 1.29 is 18.8 Å². The molecule has 0 amide bonds. The molecule has 8 heteroatoms. The largest absolute Gasteiger partial charge is 0.501 e. The predicted octanol–water partition coefficient (Wildman–Crippen LogP) is 1.09. The van der Waals surface area contributed by atoms with Crippen LogP contribution >= 0.6 is 0 Å². The van der Waals surface area contributed by atoms with E-state index in [4.69, 9.17) is 5.73 Å². The molecule has 0 aromatic carbocycles. The first-order valence-corrected chi connectivity index (χ1v) is 3.82. The second kappa shape index (κ2) is 4.13. The molecule has 0 aliphatic heterocycles. The van der Waals surface area contributed by atoms with Gasteiger partial charge >= 0.3 is 5.69 Å². The van der Waals surface area contributed by atoms with Gasteiger partial charge in [-0.15, -0.1) is 0 Å². The lowest BCUT2D eigenvalue weighted by molar-refractivity contribution is -0.387. The van der Waals surface area contributed by atoms with E-state index in [1.54, 1.807) is 0 Å². The minimum Gasteiger partial charge on any atom is -0.501 e. The van der Waals surface area contributed by atoms with Gasteiger partial charge in [0.25, 0.3) is 6.43 Å². The van der Waals surface area contributed by atoms with Gasteiger partial charge in [0.1, 0.15) is 11.3 Å². The number of aromatic nitrogens is 1. The molecule has 1 aromatic heterocycles. The molecular formula is C7H7F2N3O3. The highest BCUT2D eigenvalue weighted by Gasteiger charge is 2.28. The van der Waals surface area contributed by atoms with Gasteiger partial charge in [0, 0.05) is 12.7 Å². The lowest BCUT2D eigenvalue weighted by Gasteiger charge is -2.05. The minimum atomic E-state index is -3.07. The number of halogens is 2. The summed E-state index contributed by atoms with van der Waals surface area (Å²) < 4.78 is 24.6. The fourth-order valence-corrected chi connectivity index (χ4v) is 1.04. The van der Waals surface area contributed by atoms with Crippen LogP contribution in [0.15, 0.2) is 6.20 Å². The zero-order chi connectivity index (χ0) is 11.6. The van der Waals surface area contributed by atoms with Gasteiger partial charge in [-0.3, -0.25) is 15.1 Å². The van der Waals surface area contributed by atoms with Gasteiger partial charge in [0.15, 0.2) is 0 Å². The smallest absolute Gasteiger partial charge is 0.323 e. The lowest BCUT2D eigenvalue weighted by Crippen LogP contribution is -2.05. The molecule has 0 bridgehead atoms. The Labute approximate surface area is 82.5 Å². The second-order valence-electron chi connectivity index (χ2n) is 2.62. The van der Waals surface area contributed by atoms with E-state index in [9.17, 15) is 24.0 Å². The Hall–Kier alpha value is -1.83. The SMILES string of the molecule is NCc1ncc(C(F)F)c([N+](=O)[O-])c1O. The molecule has 0 saturated carbocycles. The van der Waals surface area contributed by atoms with Crippen molar-refractivity contribution in [1.82, 2.24) is 4.98 Å². The molecule has 1 aromatic rings. The van der Waals surface area contributed by atoms with Gasteiger partial charge in [-0.05, 0) is 0 Å². The highest BCUT2D eigenvalue weighted by Crippen LogP contribution is 2.36. The molecule has 6 nitrogen and oxygen atoms in total. The molecule has 15 heavy (non-hydrogen) atoms. The molecule has 0 unspecified atom stereocenters. The van der Waals surface area contributed by atoms with Crippen molar-refractivity contribution in [1.29, 1.82) is 0 Å². The first-order valence-electron chi connectivity index (χ1n) is 3.82. The summed E-state index contributed by atoms with van der Waals surface area (Å²) in [5.41, 5.74) is 2.96. The van der Waals surface area contributed by atoms with E-state index in [0.29, 0.717) is 6.20 Å². The highest BCUT2D eigenvalue weighted by atomic mass is 19.3. The summed E-state index contributed by atoms with van der Waals surface area (Å²) in [7, 11) is 0. The Morgan fingerprint density at radius 1 is 1.67 bits per heavy atom. The molecule has 1 heterocycles. The molecule has 0 spiro atoms. The molecule has 3 N–H and O–H groups in total. The van der Waals surface area contributed by atoms with Gasteiger partial charge in [-0.2, -0.15) is 0 Å². The number of alkyl halides is 2. The van der Waals surface area contributed by atoms with Gasteiger partial charge in [0.2, 0.25) is 5.75 Å². The van der Waals surface area contributed by atoms with Crippen LogP contribution in [-0.4, -0.2) is 15.0 Å². The fraction of sp³-hybridized carbons (Fsp3) is 0.286. The second-order valence-corrected chi connectivity index (χ2v) is 2.62. The van der Waals surface area contributed by atoms with Crippen LogP contribution in [0.3, 0.4) is 0 Å². The summed E-state index contributed by atoms with van der Waals surface area (Å²) in [6, 6.07) is 0. The minimum absolute atomic E-state index is 0.189. The number of nitrogens with zero attached hydrogens (tertiary/aromatic N) is 2. The molecule has 0 aliphatic rings. The number of rotatable bonds is 3. The summed E-state index contributed by atoms with van der Waals surface area (Å²) in [5, 5.41) is 19.7. The van der Waals surface area contributed by atoms with Crippen LogP contribution in [0.2, 0.25) is 0 Å². The van der Waals surface area contributed by atoms with Crippen molar-refractivity contribution in [3.8, 4) is 5.75 Å². The Bertz CT molecular complexity index is 397. The van der Waals surface area contributed by atoms with Gasteiger partial charge in [-0.25, -0.2) is 8.78 Å². The average molecular weight is 219 g/mol. The number of aromatic hydroxyl groups is 1. The van der Waals surface area contributed by atoms with Crippen molar-refractivity contribution in [3.63, 3.8) is 0 Å². The monoisotopic (exact) mass is 219 g/mol. The van der Waals surface area contributed by atoms with E-state index < -0.39 is 28.3 Å². The van der Waals surface area contributed by atoms with Crippen molar-refractivity contribution in [2.45, 2.75) is 13.0 Å². The van der Waals surface area contributed by atoms with Crippen LogP contribution in [0.4, 0.5) is 14.5 Å². The van der Waals surface area contributed by atoms with Crippen LogP contribution in [0.1, 0.15) is 17.7 Å². The van der Waals surface area contributed by atoms with Gasteiger partial charge < -0.3 is 10.8 Å². The van der Waals surface area contributed by atoms with Crippen molar-refractivity contribution >= 4 is 5.69 Å². The maximum absolute atomic E-state index is 12.3. The van der Waals surface area contributed by atoms with Crippen molar-refractivity contribution in [3.05, 3.63) is 27.6 Å². The zero-order valence-corrected chi connectivity index (χ0v) is 7.35. The van der Waals surface area contributed by atoms with E-state index in [-0.39, 0.29) is 12.2 Å². The Kier molecular flexibility index (Phi) is 3.10. The van der Waals surface area contributed by atoms with Crippen LogP contribution in [-0.2, 0) is 6.54 Å². The molecule has 82 valence electrons. The van der Waals surface area contributed by atoms with Crippen molar-refractivity contribution in [2.24, 2.45) is 5.73 Å². The number of hydrogen-bond acceptors (Lipinski definition) is 5. The topological polar surface area (TPSA) is 102 Å². The Morgan fingerprint density at radius 2 is 2.27 bits per heavy atom. The lowest BCUT2D eigenvalue weighted by atomic mass is 10.2. The quantitative estimate of drug-likeness (QED) is 0.585. The Balaban J connectivity index is 3.44.